The topological polar surface area (TPSA) is 57.7 Å². The maximum Gasteiger partial charge on any atom is 0.334 e. The van der Waals surface area contributed by atoms with Gasteiger partial charge in [0.25, 0.3) is 0 Å². The minimum Gasteiger partial charge on any atom is -0.263 e. The van der Waals surface area contributed by atoms with E-state index in [0.29, 0.717) is 0 Å². The van der Waals surface area contributed by atoms with Gasteiger partial charge in [-0.05, 0) is 25.0 Å². The fourth-order valence-electron chi connectivity index (χ4n) is 2.94. The summed E-state index contributed by atoms with van der Waals surface area (Å²) in [6.07, 6.45) is 0. The number of amides is 4. The predicted molar refractivity (Wildman–Crippen MR) is 88.9 cm³/mol. The highest BCUT2D eigenvalue weighted by Gasteiger charge is 2.44. The molecule has 4 amide bonds. The smallest absolute Gasteiger partial charge is 0.263 e. The fourth-order valence-corrected chi connectivity index (χ4v) is 2.94. The summed E-state index contributed by atoms with van der Waals surface area (Å²) in [6.45, 7) is 4.12. The molecule has 24 heavy (non-hydrogen) atoms. The summed E-state index contributed by atoms with van der Waals surface area (Å²) >= 11 is 0. The van der Waals surface area contributed by atoms with Gasteiger partial charge in [0.15, 0.2) is 0 Å². The molecule has 0 spiro atoms. The van der Waals surface area contributed by atoms with Crippen LogP contribution in [-0.2, 0) is 22.7 Å². The number of benzene rings is 2. The molecule has 5 nitrogen and oxygen atoms in total. The van der Waals surface area contributed by atoms with Crippen LogP contribution in [0.5, 0.6) is 0 Å². The molecule has 0 aliphatic carbocycles. The number of aryl methyl sites for hydroxylation is 2. The van der Waals surface area contributed by atoms with Crippen molar-refractivity contribution in [2.24, 2.45) is 0 Å². The average molecular weight is 322 g/mol. The van der Waals surface area contributed by atoms with Crippen molar-refractivity contribution in [3.05, 3.63) is 70.8 Å². The van der Waals surface area contributed by atoms with E-state index >= 15 is 0 Å². The van der Waals surface area contributed by atoms with Crippen molar-refractivity contribution in [1.29, 1.82) is 0 Å². The van der Waals surface area contributed by atoms with Gasteiger partial charge in [0.1, 0.15) is 0 Å². The third-order valence-corrected chi connectivity index (χ3v) is 3.94. The summed E-state index contributed by atoms with van der Waals surface area (Å²) in [5.41, 5.74) is 3.75. The molecule has 0 N–H and O–H groups in total. The highest BCUT2D eigenvalue weighted by atomic mass is 16.2. The van der Waals surface area contributed by atoms with Crippen LogP contribution in [0.1, 0.15) is 22.3 Å². The Labute approximate surface area is 140 Å². The molecule has 0 saturated carbocycles. The van der Waals surface area contributed by atoms with Crippen LogP contribution < -0.4 is 0 Å². The van der Waals surface area contributed by atoms with E-state index < -0.39 is 17.8 Å². The number of imide groups is 2. The number of nitrogens with zero attached hydrogens (tertiary/aromatic N) is 2. The zero-order valence-corrected chi connectivity index (χ0v) is 13.7. The number of carbonyl (C=O) groups is 3. The Bertz CT molecular complexity index is 794. The Morgan fingerprint density at radius 3 is 1.75 bits per heavy atom. The lowest BCUT2D eigenvalue weighted by Crippen LogP contribution is -2.32. The number of hydrogen-bond acceptors (Lipinski definition) is 3. The largest absolute Gasteiger partial charge is 0.334 e. The Balaban J connectivity index is 1.81. The molecule has 1 saturated heterocycles. The molecule has 122 valence electrons. The van der Waals surface area contributed by atoms with Gasteiger partial charge >= 0.3 is 17.8 Å². The normalized spacial score (nSPS) is 14.7. The lowest BCUT2D eigenvalue weighted by atomic mass is 10.1. The summed E-state index contributed by atoms with van der Waals surface area (Å²) in [6, 6.07) is 14.4. The molecular formula is C19H18N2O3. The molecule has 0 atom stereocenters. The van der Waals surface area contributed by atoms with Crippen LogP contribution in [0.3, 0.4) is 0 Å². The lowest BCUT2D eigenvalue weighted by Gasteiger charge is -2.16. The van der Waals surface area contributed by atoms with Gasteiger partial charge in [0, 0.05) is 0 Å². The maximum absolute atomic E-state index is 12.5. The number of carbonyl (C=O) groups excluding carboxylic acids is 3. The van der Waals surface area contributed by atoms with E-state index in [1.807, 2.05) is 62.4 Å². The van der Waals surface area contributed by atoms with E-state index in [9.17, 15) is 14.4 Å². The van der Waals surface area contributed by atoms with Crippen molar-refractivity contribution < 1.29 is 14.4 Å². The highest BCUT2D eigenvalue weighted by Crippen LogP contribution is 2.19. The highest BCUT2D eigenvalue weighted by molar-refractivity contribution is 6.44. The monoisotopic (exact) mass is 322 g/mol. The lowest BCUT2D eigenvalue weighted by molar-refractivity contribution is -0.143. The average Bonchev–Trinajstić information content (AvgIpc) is 2.73. The quantitative estimate of drug-likeness (QED) is 0.642. The Morgan fingerprint density at radius 1 is 0.708 bits per heavy atom. The van der Waals surface area contributed by atoms with E-state index in [0.717, 1.165) is 32.1 Å². The van der Waals surface area contributed by atoms with Gasteiger partial charge in [-0.2, -0.15) is 0 Å². The molecule has 0 aromatic heterocycles. The van der Waals surface area contributed by atoms with Crippen molar-refractivity contribution in [2.75, 3.05) is 0 Å². The molecule has 2 aromatic rings. The van der Waals surface area contributed by atoms with Gasteiger partial charge in [-0.3, -0.25) is 19.4 Å². The first-order chi connectivity index (χ1) is 11.5. The second-order valence-electron chi connectivity index (χ2n) is 6.05. The van der Waals surface area contributed by atoms with Crippen LogP contribution >= 0.6 is 0 Å². The molecule has 2 aromatic carbocycles. The van der Waals surface area contributed by atoms with Crippen molar-refractivity contribution in [3.63, 3.8) is 0 Å². The Kier molecular flexibility index (Phi) is 4.16. The van der Waals surface area contributed by atoms with E-state index in [2.05, 4.69) is 0 Å². The summed E-state index contributed by atoms with van der Waals surface area (Å²) in [7, 11) is 0. The van der Waals surface area contributed by atoms with Crippen LogP contribution in [0.25, 0.3) is 0 Å². The zero-order valence-electron chi connectivity index (χ0n) is 13.7. The predicted octanol–water partition coefficient (Wildman–Crippen LogP) is 2.79. The number of urea groups is 1. The van der Waals surface area contributed by atoms with Crippen LogP contribution in [0, 0.1) is 13.8 Å². The van der Waals surface area contributed by atoms with Gasteiger partial charge in [-0.25, -0.2) is 4.79 Å². The summed E-state index contributed by atoms with van der Waals surface area (Å²) in [5, 5.41) is 0. The fraction of sp³-hybridized carbons (Fsp3) is 0.211. The Morgan fingerprint density at radius 2 is 1.21 bits per heavy atom. The first-order valence-corrected chi connectivity index (χ1v) is 7.74. The standard InChI is InChI=1S/C19H18N2O3/c1-13-8-14(2)10-16(9-13)12-21-18(23)17(22)20(19(21)24)11-15-6-4-3-5-7-15/h3-10H,11-12H2,1-2H3. The molecule has 0 unspecified atom stereocenters. The van der Waals surface area contributed by atoms with Gasteiger partial charge in [-0.15, -0.1) is 0 Å². The first kappa shape index (κ1) is 15.9. The summed E-state index contributed by atoms with van der Waals surface area (Å²) in [5.74, 6) is -1.54. The molecular weight excluding hydrogens is 304 g/mol. The van der Waals surface area contributed by atoms with Crippen LogP contribution in [-0.4, -0.2) is 27.6 Å². The number of rotatable bonds is 4. The van der Waals surface area contributed by atoms with Crippen molar-refractivity contribution >= 4 is 17.8 Å². The molecule has 1 heterocycles. The zero-order chi connectivity index (χ0) is 17.3. The van der Waals surface area contributed by atoms with Crippen molar-refractivity contribution in [2.45, 2.75) is 26.9 Å². The SMILES string of the molecule is Cc1cc(C)cc(CN2C(=O)C(=O)N(Cc3ccccc3)C2=O)c1. The molecule has 1 aliphatic rings. The van der Waals surface area contributed by atoms with E-state index in [1.54, 1.807) is 0 Å². The molecule has 0 radical (unpaired) electrons. The molecule has 0 bridgehead atoms. The molecule has 3 rings (SSSR count). The molecule has 1 fully saturated rings. The van der Waals surface area contributed by atoms with Gasteiger partial charge in [-0.1, -0.05) is 59.7 Å². The Hall–Kier alpha value is -2.95. The van der Waals surface area contributed by atoms with Crippen molar-refractivity contribution in [3.8, 4) is 0 Å². The van der Waals surface area contributed by atoms with Gasteiger partial charge in [0.2, 0.25) is 0 Å². The third kappa shape index (κ3) is 3.06. The minimum absolute atomic E-state index is 0.105. The van der Waals surface area contributed by atoms with Crippen molar-refractivity contribution in [1.82, 2.24) is 9.80 Å². The van der Waals surface area contributed by atoms with Gasteiger partial charge < -0.3 is 0 Å². The van der Waals surface area contributed by atoms with E-state index in [4.69, 9.17) is 0 Å². The molecule has 5 heteroatoms. The van der Waals surface area contributed by atoms with Crippen LogP contribution in [0.4, 0.5) is 4.79 Å². The third-order valence-electron chi connectivity index (χ3n) is 3.94. The summed E-state index contributed by atoms with van der Waals surface area (Å²) < 4.78 is 0. The van der Waals surface area contributed by atoms with Gasteiger partial charge in [0.05, 0.1) is 13.1 Å². The maximum atomic E-state index is 12.5. The number of hydrogen-bond donors (Lipinski definition) is 0. The first-order valence-electron chi connectivity index (χ1n) is 7.74. The van der Waals surface area contributed by atoms with E-state index in [-0.39, 0.29) is 13.1 Å². The minimum atomic E-state index is -0.770. The van der Waals surface area contributed by atoms with Crippen LogP contribution in [0.15, 0.2) is 48.5 Å². The molecule has 1 aliphatic heterocycles. The second kappa shape index (κ2) is 6.28. The van der Waals surface area contributed by atoms with E-state index in [1.165, 1.54) is 0 Å². The second-order valence-corrected chi connectivity index (χ2v) is 6.05. The summed E-state index contributed by atoms with van der Waals surface area (Å²) in [4.78, 5) is 38.9. The van der Waals surface area contributed by atoms with Crippen LogP contribution in [0.2, 0.25) is 0 Å².